The molecular weight excluding hydrogens is 233 g/mol. The molecule has 3 nitrogen and oxygen atoms in total. The largest absolute Gasteiger partial charge is 0.508 e. The molecule has 1 N–H and O–H groups in total. The second-order valence-electron chi connectivity index (χ2n) is 4.51. The van der Waals surface area contributed by atoms with Crippen molar-refractivity contribution in [2.75, 3.05) is 20.3 Å². The molecule has 0 saturated heterocycles. The predicted octanol–water partition coefficient (Wildman–Crippen LogP) is 2.95. The molecule has 0 saturated carbocycles. The van der Waals surface area contributed by atoms with Crippen molar-refractivity contribution in [3.05, 3.63) is 29.6 Å². The van der Waals surface area contributed by atoms with Crippen LogP contribution in [0.25, 0.3) is 0 Å². The zero-order valence-electron chi connectivity index (χ0n) is 11.5. The molecule has 0 amide bonds. The lowest BCUT2D eigenvalue weighted by Crippen LogP contribution is -2.38. The van der Waals surface area contributed by atoms with Crippen LogP contribution >= 0.6 is 0 Å². The van der Waals surface area contributed by atoms with Crippen molar-refractivity contribution in [3.63, 3.8) is 0 Å². The Morgan fingerprint density at radius 1 is 1.39 bits per heavy atom. The van der Waals surface area contributed by atoms with Gasteiger partial charge in [-0.3, -0.25) is 4.90 Å². The van der Waals surface area contributed by atoms with Gasteiger partial charge in [-0.1, -0.05) is 13.0 Å². The third-order valence-electron chi connectivity index (χ3n) is 3.28. The van der Waals surface area contributed by atoms with Crippen molar-refractivity contribution < 1.29 is 14.2 Å². The van der Waals surface area contributed by atoms with E-state index in [1.54, 1.807) is 13.2 Å². The summed E-state index contributed by atoms with van der Waals surface area (Å²) in [5.74, 6) is -0.415. The number of aromatic hydroxyl groups is 1. The van der Waals surface area contributed by atoms with E-state index in [9.17, 15) is 9.50 Å². The lowest BCUT2D eigenvalue weighted by Gasteiger charge is -2.33. The molecule has 1 aromatic carbocycles. The van der Waals surface area contributed by atoms with Gasteiger partial charge < -0.3 is 9.84 Å². The van der Waals surface area contributed by atoms with E-state index < -0.39 is 5.82 Å². The number of methoxy groups -OCH3 is 1. The molecular formula is C14H22FNO2. The van der Waals surface area contributed by atoms with Crippen LogP contribution in [0, 0.1) is 5.82 Å². The fourth-order valence-electron chi connectivity index (χ4n) is 2.35. The summed E-state index contributed by atoms with van der Waals surface area (Å²) in [4.78, 5) is 2.20. The first-order chi connectivity index (χ1) is 8.51. The highest BCUT2D eigenvalue weighted by atomic mass is 19.1. The lowest BCUT2D eigenvalue weighted by atomic mass is 10.0. The van der Waals surface area contributed by atoms with Crippen LogP contribution in [0.3, 0.4) is 0 Å². The quantitative estimate of drug-likeness (QED) is 0.848. The fraction of sp³-hybridized carbons (Fsp3) is 0.571. The van der Waals surface area contributed by atoms with E-state index in [-0.39, 0.29) is 17.8 Å². The van der Waals surface area contributed by atoms with Crippen molar-refractivity contribution >= 4 is 0 Å². The third-order valence-corrected chi connectivity index (χ3v) is 3.28. The minimum atomic E-state index is -0.420. The zero-order valence-corrected chi connectivity index (χ0v) is 11.5. The second-order valence-corrected chi connectivity index (χ2v) is 4.51. The Bertz CT molecular complexity index is 384. The van der Waals surface area contributed by atoms with Crippen LogP contribution in [-0.4, -0.2) is 36.3 Å². The summed E-state index contributed by atoms with van der Waals surface area (Å²) in [5, 5.41) is 9.82. The van der Waals surface area contributed by atoms with Gasteiger partial charge >= 0.3 is 0 Å². The molecule has 2 unspecified atom stereocenters. The number of ether oxygens (including phenoxy) is 1. The molecule has 0 fully saturated rings. The molecule has 0 aliphatic heterocycles. The van der Waals surface area contributed by atoms with Crippen LogP contribution in [0.15, 0.2) is 18.2 Å². The normalized spacial score (nSPS) is 14.8. The molecule has 2 atom stereocenters. The number of hydrogen-bond donors (Lipinski definition) is 1. The number of hydrogen-bond acceptors (Lipinski definition) is 3. The number of phenols is 1. The van der Waals surface area contributed by atoms with E-state index in [1.807, 2.05) is 6.92 Å². The maximum atomic E-state index is 13.0. The molecule has 4 heteroatoms. The van der Waals surface area contributed by atoms with Gasteiger partial charge in [-0.15, -0.1) is 0 Å². The minimum Gasteiger partial charge on any atom is -0.508 e. The molecule has 0 aromatic heterocycles. The average Bonchev–Trinajstić information content (AvgIpc) is 2.29. The van der Waals surface area contributed by atoms with Crippen LogP contribution in [0.1, 0.15) is 32.4 Å². The van der Waals surface area contributed by atoms with Crippen molar-refractivity contribution in [1.29, 1.82) is 0 Å². The number of likely N-dealkylation sites (N-methyl/N-ethyl adjacent to an activating group) is 1. The number of rotatable bonds is 6. The van der Waals surface area contributed by atoms with Gasteiger partial charge in [0.05, 0.1) is 6.61 Å². The van der Waals surface area contributed by atoms with Crippen LogP contribution in [-0.2, 0) is 4.74 Å². The van der Waals surface area contributed by atoms with Crippen molar-refractivity contribution in [3.8, 4) is 5.75 Å². The Balaban J connectivity index is 2.92. The molecule has 0 aliphatic carbocycles. The van der Waals surface area contributed by atoms with Crippen LogP contribution in [0.2, 0.25) is 0 Å². The highest BCUT2D eigenvalue weighted by Crippen LogP contribution is 2.30. The molecule has 0 radical (unpaired) electrons. The minimum absolute atomic E-state index is 0.00515. The summed E-state index contributed by atoms with van der Waals surface area (Å²) in [6.45, 7) is 7.60. The van der Waals surface area contributed by atoms with Gasteiger partial charge in [0.2, 0.25) is 0 Å². The zero-order chi connectivity index (χ0) is 13.7. The Kier molecular flexibility index (Phi) is 5.56. The lowest BCUT2D eigenvalue weighted by molar-refractivity contribution is 0.0774. The molecule has 1 rings (SSSR count). The molecule has 102 valence electrons. The average molecular weight is 255 g/mol. The van der Waals surface area contributed by atoms with E-state index in [1.165, 1.54) is 6.07 Å². The topological polar surface area (TPSA) is 32.7 Å². The SMILES string of the molecule is CCN(C(C)COC)C(C)c1ccc(F)cc1O. The number of benzene rings is 1. The Labute approximate surface area is 108 Å². The van der Waals surface area contributed by atoms with Crippen molar-refractivity contribution in [2.24, 2.45) is 0 Å². The Hall–Kier alpha value is -1.13. The van der Waals surface area contributed by atoms with Gasteiger partial charge in [0.1, 0.15) is 11.6 Å². The summed E-state index contributed by atoms with van der Waals surface area (Å²) in [5.41, 5.74) is 0.737. The first-order valence-electron chi connectivity index (χ1n) is 6.24. The standard InChI is InChI=1S/C14H22FNO2/c1-5-16(10(2)9-18-4)11(3)13-7-6-12(15)8-14(13)17/h6-8,10-11,17H,5,9H2,1-4H3. The maximum Gasteiger partial charge on any atom is 0.126 e. The van der Waals surface area contributed by atoms with E-state index in [2.05, 4.69) is 18.7 Å². The summed E-state index contributed by atoms with van der Waals surface area (Å²) in [6.07, 6.45) is 0. The molecule has 0 spiro atoms. The van der Waals surface area contributed by atoms with Gasteiger partial charge in [-0.25, -0.2) is 4.39 Å². The summed E-state index contributed by atoms with van der Waals surface area (Å²) in [6, 6.07) is 4.42. The smallest absolute Gasteiger partial charge is 0.126 e. The molecule has 0 aliphatic rings. The number of halogens is 1. The van der Waals surface area contributed by atoms with E-state index in [0.29, 0.717) is 6.61 Å². The Morgan fingerprint density at radius 3 is 2.56 bits per heavy atom. The maximum absolute atomic E-state index is 13.0. The van der Waals surface area contributed by atoms with Crippen molar-refractivity contribution in [2.45, 2.75) is 32.9 Å². The molecule has 1 aromatic rings. The van der Waals surface area contributed by atoms with Crippen molar-refractivity contribution in [1.82, 2.24) is 4.90 Å². The fourth-order valence-corrected chi connectivity index (χ4v) is 2.35. The number of phenolic OH excluding ortho intramolecular Hbond substituents is 1. The molecule has 0 heterocycles. The van der Waals surface area contributed by atoms with Crippen LogP contribution < -0.4 is 0 Å². The second kappa shape index (κ2) is 6.71. The summed E-state index contributed by atoms with van der Waals surface area (Å²) in [7, 11) is 1.67. The Morgan fingerprint density at radius 2 is 2.06 bits per heavy atom. The highest BCUT2D eigenvalue weighted by Gasteiger charge is 2.22. The van der Waals surface area contributed by atoms with E-state index in [0.717, 1.165) is 18.2 Å². The first-order valence-corrected chi connectivity index (χ1v) is 6.24. The summed E-state index contributed by atoms with van der Waals surface area (Å²) >= 11 is 0. The van der Waals surface area contributed by atoms with E-state index >= 15 is 0 Å². The van der Waals surface area contributed by atoms with Gasteiger partial charge in [-0.2, -0.15) is 0 Å². The predicted molar refractivity (Wildman–Crippen MR) is 70.2 cm³/mol. The van der Waals surface area contributed by atoms with Gasteiger partial charge in [0.15, 0.2) is 0 Å². The molecule has 18 heavy (non-hydrogen) atoms. The summed E-state index contributed by atoms with van der Waals surface area (Å²) < 4.78 is 18.1. The monoisotopic (exact) mass is 255 g/mol. The third kappa shape index (κ3) is 3.43. The highest BCUT2D eigenvalue weighted by molar-refractivity contribution is 5.35. The van der Waals surface area contributed by atoms with Gasteiger partial charge in [0, 0.05) is 30.8 Å². The van der Waals surface area contributed by atoms with Crippen LogP contribution in [0.5, 0.6) is 5.75 Å². The van der Waals surface area contributed by atoms with E-state index in [4.69, 9.17) is 4.74 Å². The van der Waals surface area contributed by atoms with Crippen LogP contribution in [0.4, 0.5) is 4.39 Å². The first kappa shape index (κ1) is 14.9. The molecule has 0 bridgehead atoms. The van der Waals surface area contributed by atoms with Gasteiger partial charge in [0.25, 0.3) is 0 Å². The van der Waals surface area contributed by atoms with Gasteiger partial charge in [-0.05, 0) is 26.5 Å². The number of nitrogens with zero attached hydrogens (tertiary/aromatic N) is 1.